The molecule has 3 heterocycles. The summed E-state index contributed by atoms with van der Waals surface area (Å²) < 4.78 is 0. The van der Waals surface area contributed by atoms with Crippen molar-refractivity contribution in [1.82, 2.24) is 0 Å². The van der Waals surface area contributed by atoms with E-state index in [1.165, 1.54) is 11.3 Å². The van der Waals surface area contributed by atoms with E-state index >= 15 is 0 Å². The second kappa shape index (κ2) is 4.90. The normalized spacial score (nSPS) is 22.9. The van der Waals surface area contributed by atoms with Crippen molar-refractivity contribution >= 4 is 45.9 Å². The minimum Gasteiger partial charge on any atom is -0.374 e. The molecule has 1 aromatic carbocycles. The Labute approximate surface area is 143 Å². The highest BCUT2D eigenvalue weighted by atomic mass is 35.5. The Morgan fingerprint density at radius 1 is 1.35 bits per heavy atom. The van der Waals surface area contributed by atoms with Gasteiger partial charge in [-0.25, -0.2) is 4.99 Å². The molecule has 0 unspecified atom stereocenters. The Hall–Kier alpha value is -1.69. The van der Waals surface area contributed by atoms with Crippen LogP contribution in [-0.2, 0) is 0 Å². The summed E-state index contributed by atoms with van der Waals surface area (Å²) in [5, 5.41) is 11.6. The molecule has 0 spiro atoms. The van der Waals surface area contributed by atoms with Gasteiger partial charge in [0.05, 0.1) is 10.6 Å². The third kappa shape index (κ3) is 2.07. The number of hydrogen-bond donors (Lipinski definition) is 1. The summed E-state index contributed by atoms with van der Waals surface area (Å²) >= 11 is 7.61. The van der Waals surface area contributed by atoms with Crippen molar-refractivity contribution in [1.29, 1.82) is 0 Å². The lowest BCUT2D eigenvalue weighted by Crippen LogP contribution is -2.48. The molecule has 0 aliphatic carbocycles. The van der Waals surface area contributed by atoms with Gasteiger partial charge >= 0.3 is 0 Å². The number of halogens is 1. The van der Waals surface area contributed by atoms with Gasteiger partial charge in [0.15, 0.2) is 5.60 Å². The molecule has 1 aromatic heterocycles. The fraction of sp³-hybridized carbons (Fsp3) is 0.294. The summed E-state index contributed by atoms with van der Waals surface area (Å²) in [7, 11) is 0. The van der Waals surface area contributed by atoms with Crippen LogP contribution < -0.4 is 4.90 Å². The van der Waals surface area contributed by atoms with Crippen molar-refractivity contribution < 1.29 is 9.90 Å². The lowest BCUT2D eigenvalue weighted by atomic mass is 9.92. The van der Waals surface area contributed by atoms with Crippen molar-refractivity contribution in [2.45, 2.75) is 25.9 Å². The first-order valence-corrected chi connectivity index (χ1v) is 8.60. The molecule has 0 radical (unpaired) electrons. The molecule has 1 atom stereocenters. The Balaban J connectivity index is 1.85. The highest BCUT2D eigenvalue weighted by Gasteiger charge is 2.53. The Bertz CT molecular complexity index is 873. The van der Waals surface area contributed by atoms with Gasteiger partial charge in [0.1, 0.15) is 5.84 Å². The number of anilines is 1. The summed E-state index contributed by atoms with van der Waals surface area (Å²) in [6.45, 7) is 4.41. The third-order valence-electron chi connectivity index (χ3n) is 4.43. The molecule has 6 heteroatoms. The van der Waals surface area contributed by atoms with Crippen molar-refractivity contribution in [2.75, 3.05) is 11.4 Å². The number of aliphatic imine (C=N–C) groups is 1. The molecule has 118 valence electrons. The number of ketones is 1. The largest absolute Gasteiger partial charge is 0.374 e. The Morgan fingerprint density at radius 3 is 2.87 bits per heavy atom. The lowest BCUT2D eigenvalue weighted by Gasteiger charge is -2.28. The number of fused-ring (bicyclic) bond motifs is 2. The highest BCUT2D eigenvalue weighted by Crippen LogP contribution is 2.43. The molecule has 0 amide bonds. The zero-order valence-corrected chi connectivity index (χ0v) is 14.3. The minimum absolute atomic E-state index is 0.240. The van der Waals surface area contributed by atoms with Crippen LogP contribution in [-0.4, -0.2) is 28.9 Å². The van der Waals surface area contributed by atoms with Crippen LogP contribution in [0.4, 0.5) is 11.4 Å². The highest BCUT2D eigenvalue weighted by molar-refractivity contribution is 7.14. The van der Waals surface area contributed by atoms with Crippen LogP contribution in [0.5, 0.6) is 0 Å². The molecule has 4 rings (SSSR count). The lowest BCUT2D eigenvalue weighted by molar-refractivity contribution is 0.0607. The summed E-state index contributed by atoms with van der Waals surface area (Å²) in [4.78, 5) is 20.8. The number of thiophene rings is 1. The van der Waals surface area contributed by atoms with Crippen molar-refractivity contribution in [3.05, 3.63) is 44.6 Å². The fourth-order valence-electron chi connectivity index (χ4n) is 3.13. The van der Waals surface area contributed by atoms with Crippen LogP contribution in [0.1, 0.15) is 26.5 Å². The maximum Gasteiger partial charge on any atom is 0.214 e. The summed E-state index contributed by atoms with van der Waals surface area (Å²) in [5.74, 6) is 0.170. The van der Waals surface area contributed by atoms with Crippen LogP contribution in [0.25, 0.3) is 0 Å². The molecule has 0 saturated carbocycles. The topological polar surface area (TPSA) is 52.9 Å². The van der Waals surface area contributed by atoms with Crippen LogP contribution >= 0.6 is 22.9 Å². The molecule has 1 saturated heterocycles. The number of carbonyl (C=O) groups excluding carboxylic acids is 1. The average Bonchev–Trinajstić information content (AvgIpc) is 3.04. The van der Waals surface area contributed by atoms with Crippen LogP contribution in [0.2, 0.25) is 5.02 Å². The standard InChI is InChI=1S/C17H15ClN2O2S/c1-9-3-4-11(8-12(9)18)20-6-5-17(22)15(21)14-13(19-16(17)20)7-10(2)23-14/h3-4,7-8,22H,5-6H2,1-2H3/t17-/m1/s1. The van der Waals surface area contributed by atoms with Gasteiger partial charge in [-0.05, 0) is 37.6 Å². The van der Waals surface area contributed by atoms with Crippen molar-refractivity contribution in [3.8, 4) is 0 Å². The zero-order valence-electron chi connectivity index (χ0n) is 12.8. The van der Waals surface area contributed by atoms with Gasteiger partial charge in [-0.3, -0.25) is 4.79 Å². The monoisotopic (exact) mass is 346 g/mol. The molecule has 1 N–H and O–H groups in total. The zero-order chi connectivity index (χ0) is 16.4. The van der Waals surface area contributed by atoms with Gasteiger partial charge in [-0.1, -0.05) is 17.7 Å². The molecule has 2 aliphatic heterocycles. The molecular formula is C17H15ClN2O2S. The van der Waals surface area contributed by atoms with E-state index in [1.807, 2.05) is 43.0 Å². The maximum atomic E-state index is 12.8. The summed E-state index contributed by atoms with van der Waals surface area (Å²) in [6.07, 6.45) is 0.340. The number of rotatable bonds is 1. The van der Waals surface area contributed by atoms with Crippen LogP contribution in [0.3, 0.4) is 0 Å². The van der Waals surface area contributed by atoms with Crippen molar-refractivity contribution in [2.24, 2.45) is 4.99 Å². The summed E-state index contributed by atoms with van der Waals surface area (Å²) in [6, 6.07) is 7.61. The van der Waals surface area contributed by atoms with Gasteiger partial charge in [-0.2, -0.15) is 0 Å². The van der Waals surface area contributed by atoms with Gasteiger partial charge in [0, 0.05) is 28.6 Å². The minimum atomic E-state index is -1.53. The van der Waals surface area contributed by atoms with Crippen molar-refractivity contribution in [3.63, 3.8) is 0 Å². The van der Waals surface area contributed by atoms with E-state index in [1.54, 1.807) is 0 Å². The Morgan fingerprint density at radius 2 is 2.13 bits per heavy atom. The number of hydrogen-bond acceptors (Lipinski definition) is 5. The smallest absolute Gasteiger partial charge is 0.214 e. The van der Waals surface area contributed by atoms with E-state index in [9.17, 15) is 9.90 Å². The number of aliphatic hydroxyl groups is 1. The molecule has 2 aromatic rings. The molecule has 2 aliphatic rings. The average molecular weight is 347 g/mol. The number of amidine groups is 1. The third-order valence-corrected chi connectivity index (χ3v) is 5.88. The van der Waals surface area contributed by atoms with Gasteiger partial charge < -0.3 is 10.0 Å². The molecule has 1 fully saturated rings. The van der Waals surface area contributed by atoms with E-state index in [-0.39, 0.29) is 5.78 Å². The number of nitrogens with zero attached hydrogens (tertiary/aromatic N) is 2. The first kappa shape index (κ1) is 14.9. The van der Waals surface area contributed by atoms with Gasteiger partial charge in [-0.15, -0.1) is 11.3 Å². The SMILES string of the molecule is Cc1cc2c(s1)C(=O)[C@]1(O)CCN(c3ccc(C)c(Cl)c3)C1=N2. The number of aryl methyl sites for hydroxylation is 2. The van der Waals surface area contributed by atoms with E-state index in [0.717, 1.165) is 16.1 Å². The Kier molecular flexibility index (Phi) is 3.17. The van der Waals surface area contributed by atoms with E-state index in [0.29, 0.717) is 34.4 Å². The second-order valence-corrected chi connectivity index (χ2v) is 7.69. The van der Waals surface area contributed by atoms with Crippen LogP contribution in [0.15, 0.2) is 29.3 Å². The summed E-state index contributed by atoms with van der Waals surface area (Å²) in [5.41, 5.74) is 0.963. The van der Waals surface area contributed by atoms with Gasteiger partial charge in [0.25, 0.3) is 0 Å². The number of benzene rings is 1. The van der Waals surface area contributed by atoms with Gasteiger partial charge in [0.2, 0.25) is 5.78 Å². The quantitative estimate of drug-likeness (QED) is 0.852. The molecule has 4 nitrogen and oxygen atoms in total. The number of carbonyl (C=O) groups is 1. The first-order chi connectivity index (χ1) is 10.9. The maximum absolute atomic E-state index is 12.8. The van der Waals surface area contributed by atoms with E-state index < -0.39 is 5.60 Å². The second-order valence-electron chi connectivity index (χ2n) is 6.03. The fourth-order valence-corrected chi connectivity index (χ4v) is 4.27. The predicted octanol–water partition coefficient (Wildman–Crippen LogP) is 3.89. The molecule has 23 heavy (non-hydrogen) atoms. The van der Waals surface area contributed by atoms with Crippen LogP contribution in [0, 0.1) is 13.8 Å². The number of Topliss-reactive ketones (excluding diaryl/α,β-unsaturated/α-hetero) is 1. The molecular weight excluding hydrogens is 332 g/mol. The predicted molar refractivity (Wildman–Crippen MR) is 93.6 cm³/mol. The first-order valence-electron chi connectivity index (χ1n) is 7.40. The van der Waals surface area contributed by atoms with E-state index in [2.05, 4.69) is 4.99 Å². The molecule has 0 bridgehead atoms. The van der Waals surface area contributed by atoms with E-state index in [4.69, 9.17) is 11.6 Å².